The maximum atomic E-state index is 11.6. The van der Waals surface area contributed by atoms with Gasteiger partial charge in [0.2, 0.25) is 5.95 Å². The fraction of sp³-hybridized carbons (Fsp3) is 0.100. The van der Waals surface area contributed by atoms with E-state index < -0.39 is 0 Å². The van der Waals surface area contributed by atoms with E-state index in [-0.39, 0.29) is 5.56 Å². The average Bonchev–Trinajstić information content (AvgIpc) is 2.97. The van der Waals surface area contributed by atoms with Crippen molar-refractivity contribution < 1.29 is 4.42 Å². The summed E-state index contributed by atoms with van der Waals surface area (Å²) < 4.78 is 5.15. The lowest BCUT2D eigenvalue weighted by atomic mass is 10.4. The van der Waals surface area contributed by atoms with Crippen LogP contribution < -0.4 is 10.9 Å². The standard InChI is InChI=1S/C10H9N5O2/c16-9-7-8(13-5-12-7)14-10(15-9)11-4-6-2-1-3-17-6/h1-3,5H,4H2,(H3,11,12,13,14,15,16). The molecule has 3 aromatic rings. The molecule has 0 saturated carbocycles. The molecule has 7 nitrogen and oxygen atoms in total. The molecule has 3 N–H and O–H groups in total. The van der Waals surface area contributed by atoms with Gasteiger partial charge in [-0.1, -0.05) is 0 Å². The summed E-state index contributed by atoms with van der Waals surface area (Å²) in [4.78, 5) is 25.0. The summed E-state index contributed by atoms with van der Waals surface area (Å²) in [6.07, 6.45) is 3.02. The Hall–Kier alpha value is -2.57. The van der Waals surface area contributed by atoms with E-state index in [4.69, 9.17) is 4.42 Å². The Kier molecular flexibility index (Phi) is 2.14. The van der Waals surface area contributed by atoms with Crippen LogP contribution in [0, 0.1) is 0 Å². The zero-order valence-electron chi connectivity index (χ0n) is 8.73. The van der Waals surface area contributed by atoms with E-state index >= 15 is 0 Å². The van der Waals surface area contributed by atoms with Crippen LogP contribution in [0.1, 0.15) is 5.76 Å². The smallest absolute Gasteiger partial charge is 0.278 e. The lowest BCUT2D eigenvalue weighted by Crippen LogP contribution is -2.13. The Morgan fingerprint density at radius 1 is 1.47 bits per heavy atom. The minimum absolute atomic E-state index is 0.255. The van der Waals surface area contributed by atoms with Crippen LogP contribution in [0.5, 0.6) is 0 Å². The molecule has 0 spiro atoms. The second-order valence-corrected chi connectivity index (χ2v) is 3.45. The third kappa shape index (κ3) is 1.78. The highest BCUT2D eigenvalue weighted by molar-refractivity contribution is 5.69. The van der Waals surface area contributed by atoms with Gasteiger partial charge in [-0.15, -0.1) is 0 Å². The number of H-pyrrole nitrogens is 2. The highest BCUT2D eigenvalue weighted by Gasteiger charge is 2.05. The van der Waals surface area contributed by atoms with E-state index in [0.717, 1.165) is 5.76 Å². The largest absolute Gasteiger partial charge is 0.467 e. The van der Waals surface area contributed by atoms with Gasteiger partial charge in [0.05, 0.1) is 19.1 Å². The third-order valence-corrected chi connectivity index (χ3v) is 2.31. The van der Waals surface area contributed by atoms with Crippen molar-refractivity contribution in [3.8, 4) is 0 Å². The fourth-order valence-electron chi connectivity index (χ4n) is 1.51. The van der Waals surface area contributed by atoms with Gasteiger partial charge in [0.15, 0.2) is 11.2 Å². The molecule has 3 aromatic heterocycles. The maximum Gasteiger partial charge on any atom is 0.278 e. The Morgan fingerprint density at radius 3 is 3.24 bits per heavy atom. The predicted molar refractivity (Wildman–Crippen MR) is 60.5 cm³/mol. The molecule has 0 unspecified atom stereocenters. The molecule has 0 aliphatic rings. The first-order valence-electron chi connectivity index (χ1n) is 5.02. The molecule has 0 fully saturated rings. The number of fused-ring (bicyclic) bond motifs is 1. The summed E-state index contributed by atoms with van der Waals surface area (Å²) in [6, 6.07) is 3.63. The minimum Gasteiger partial charge on any atom is -0.467 e. The van der Waals surface area contributed by atoms with E-state index in [1.807, 2.05) is 6.07 Å². The van der Waals surface area contributed by atoms with Crippen molar-refractivity contribution in [2.24, 2.45) is 0 Å². The molecule has 0 saturated heterocycles. The second-order valence-electron chi connectivity index (χ2n) is 3.45. The molecular weight excluding hydrogens is 222 g/mol. The molecule has 0 aliphatic carbocycles. The Morgan fingerprint density at radius 2 is 2.41 bits per heavy atom. The van der Waals surface area contributed by atoms with Crippen LogP contribution in [0.25, 0.3) is 11.2 Å². The number of hydrogen-bond donors (Lipinski definition) is 3. The molecule has 0 amide bonds. The van der Waals surface area contributed by atoms with Crippen molar-refractivity contribution >= 4 is 17.1 Å². The topological polar surface area (TPSA) is 99.6 Å². The van der Waals surface area contributed by atoms with Crippen LogP contribution in [-0.2, 0) is 6.54 Å². The van der Waals surface area contributed by atoms with Gasteiger partial charge in [0.25, 0.3) is 5.56 Å². The zero-order chi connectivity index (χ0) is 11.7. The van der Waals surface area contributed by atoms with Gasteiger partial charge in [0, 0.05) is 0 Å². The van der Waals surface area contributed by atoms with Crippen LogP contribution in [0.3, 0.4) is 0 Å². The van der Waals surface area contributed by atoms with Gasteiger partial charge in [-0.05, 0) is 12.1 Å². The second kappa shape index (κ2) is 3.78. The van der Waals surface area contributed by atoms with Crippen LogP contribution in [0.4, 0.5) is 5.95 Å². The van der Waals surface area contributed by atoms with Crippen molar-refractivity contribution in [2.45, 2.75) is 6.54 Å². The molecule has 0 atom stereocenters. The first-order valence-corrected chi connectivity index (χ1v) is 5.02. The first kappa shape index (κ1) is 9.64. The van der Waals surface area contributed by atoms with Gasteiger partial charge in [0.1, 0.15) is 5.76 Å². The Labute approximate surface area is 94.9 Å². The highest BCUT2D eigenvalue weighted by atomic mass is 16.3. The first-order chi connectivity index (χ1) is 8.33. The normalized spacial score (nSPS) is 10.8. The molecule has 0 radical (unpaired) electrons. The van der Waals surface area contributed by atoms with Crippen LogP contribution in [0.15, 0.2) is 33.9 Å². The van der Waals surface area contributed by atoms with E-state index in [1.54, 1.807) is 12.3 Å². The number of imidazole rings is 1. The lowest BCUT2D eigenvalue weighted by molar-refractivity contribution is 0.517. The molecule has 0 bridgehead atoms. The highest BCUT2D eigenvalue weighted by Crippen LogP contribution is 2.05. The van der Waals surface area contributed by atoms with Gasteiger partial charge in [-0.3, -0.25) is 9.78 Å². The number of hydrogen-bond acceptors (Lipinski definition) is 5. The van der Waals surface area contributed by atoms with Gasteiger partial charge in [-0.2, -0.15) is 4.98 Å². The SMILES string of the molecule is O=c1[nH]c(NCc2ccco2)nc2nc[nH]c12. The molecule has 86 valence electrons. The number of nitrogens with zero attached hydrogens (tertiary/aromatic N) is 2. The van der Waals surface area contributed by atoms with E-state index in [9.17, 15) is 4.79 Å². The summed E-state index contributed by atoms with van der Waals surface area (Å²) in [7, 11) is 0. The van der Waals surface area contributed by atoms with Crippen LogP contribution in [0.2, 0.25) is 0 Å². The lowest BCUT2D eigenvalue weighted by Gasteiger charge is -2.02. The molecule has 3 heterocycles. The average molecular weight is 231 g/mol. The number of furan rings is 1. The summed E-state index contributed by atoms with van der Waals surface area (Å²) in [5.41, 5.74) is 0.499. The summed E-state index contributed by atoms with van der Waals surface area (Å²) in [6.45, 7) is 0.450. The summed E-state index contributed by atoms with van der Waals surface area (Å²) in [5.74, 6) is 1.13. The number of aromatic nitrogens is 4. The summed E-state index contributed by atoms with van der Waals surface area (Å²) in [5, 5.41) is 2.96. The Bertz CT molecular complexity index is 682. The molecule has 0 aromatic carbocycles. The van der Waals surface area contributed by atoms with E-state index in [1.165, 1.54) is 6.33 Å². The molecule has 0 aliphatic heterocycles. The molecule has 3 rings (SSSR count). The zero-order valence-corrected chi connectivity index (χ0v) is 8.73. The molecule has 17 heavy (non-hydrogen) atoms. The van der Waals surface area contributed by atoms with Gasteiger partial charge in [-0.25, -0.2) is 4.98 Å². The number of rotatable bonds is 3. The van der Waals surface area contributed by atoms with E-state index in [0.29, 0.717) is 23.7 Å². The monoisotopic (exact) mass is 231 g/mol. The van der Waals surface area contributed by atoms with Crippen molar-refractivity contribution in [1.29, 1.82) is 0 Å². The quantitative estimate of drug-likeness (QED) is 0.620. The van der Waals surface area contributed by atoms with E-state index in [2.05, 4.69) is 25.3 Å². The number of anilines is 1. The number of nitrogens with one attached hydrogen (secondary N) is 3. The van der Waals surface area contributed by atoms with Crippen LogP contribution >= 0.6 is 0 Å². The number of aromatic amines is 2. The van der Waals surface area contributed by atoms with Crippen LogP contribution in [-0.4, -0.2) is 19.9 Å². The summed E-state index contributed by atoms with van der Waals surface area (Å²) >= 11 is 0. The van der Waals surface area contributed by atoms with Crippen molar-refractivity contribution in [3.05, 3.63) is 40.8 Å². The maximum absolute atomic E-state index is 11.6. The minimum atomic E-state index is -0.255. The fourth-order valence-corrected chi connectivity index (χ4v) is 1.51. The van der Waals surface area contributed by atoms with Gasteiger partial charge >= 0.3 is 0 Å². The van der Waals surface area contributed by atoms with Crippen molar-refractivity contribution in [3.63, 3.8) is 0 Å². The molecule has 7 heteroatoms. The van der Waals surface area contributed by atoms with Gasteiger partial charge < -0.3 is 14.7 Å². The third-order valence-electron chi connectivity index (χ3n) is 2.31. The molecular formula is C10H9N5O2. The predicted octanol–water partition coefficient (Wildman–Crippen LogP) is 0.851. The van der Waals surface area contributed by atoms with Crippen molar-refractivity contribution in [1.82, 2.24) is 19.9 Å². The van der Waals surface area contributed by atoms with Crippen molar-refractivity contribution in [2.75, 3.05) is 5.32 Å². The Balaban J connectivity index is 1.88.